The number of rotatable bonds is 4. The van der Waals surface area contributed by atoms with Crippen molar-refractivity contribution in [3.63, 3.8) is 0 Å². The van der Waals surface area contributed by atoms with Crippen molar-refractivity contribution in [3.05, 3.63) is 52.8 Å². The normalized spacial score (nSPS) is 20.8. The lowest BCUT2D eigenvalue weighted by Crippen LogP contribution is -2.53. The number of hydrogen-bond donors (Lipinski definition) is 3. The number of pyridine rings is 1. The van der Waals surface area contributed by atoms with Crippen LogP contribution >= 0.6 is 11.6 Å². The standard InChI is InChI=1S/C19H17ClN4O3/c1-19(9-27-2)18(26)23-13-8-22-17-14(15(13)24-19)11(7-21-17)16(25)10-5-3-4-6-12(10)20/h3-8,24H,9H2,1-2H3,(H,21,22)(H,23,26)/t19-/m0/s1/i2D3. The molecule has 0 unspecified atom stereocenters. The van der Waals surface area contributed by atoms with Crippen LogP contribution in [0.25, 0.3) is 11.0 Å². The van der Waals surface area contributed by atoms with Gasteiger partial charge in [0.05, 0.1) is 44.3 Å². The van der Waals surface area contributed by atoms with Crippen molar-refractivity contribution < 1.29 is 18.4 Å². The molecule has 3 heterocycles. The van der Waals surface area contributed by atoms with Crippen molar-refractivity contribution in [1.29, 1.82) is 0 Å². The summed E-state index contributed by atoms with van der Waals surface area (Å²) in [6, 6.07) is 6.68. The van der Waals surface area contributed by atoms with Gasteiger partial charge in [-0.1, -0.05) is 23.7 Å². The summed E-state index contributed by atoms with van der Waals surface area (Å²) in [5.74, 6) is -0.795. The molecule has 0 spiro atoms. The van der Waals surface area contributed by atoms with Crippen molar-refractivity contribution in [2.45, 2.75) is 12.5 Å². The topological polar surface area (TPSA) is 96.1 Å². The Bertz CT molecular complexity index is 1180. The molecule has 1 amide bonds. The van der Waals surface area contributed by atoms with Gasteiger partial charge < -0.3 is 20.4 Å². The fourth-order valence-corrected chi connectivity index (χ4v) is 3.35. The van der Waals surface area contributed by atoms with Crippen LogP contribution in [0.15, 0.2) is 36.7 Å². The molecule has 1 atom stereocenters. The van der Waals surface area contributed by atoms with Crippen molar-refractivity contribution in [1.82, 2.24) is 9.97 Å². The predicted octanol–water partition coefficient (Wildman–Crippen LogP) is 3.22. The Labute approximate surface area is 164 Å². The molecule has 1 aliphatic rings. The Morgan fingerprint density at radius 2 is 2.19 bits per heavy atom. The zero-order valence-corrected chi connectivity index (χ0v) is 15.0. The number of fused-ring (bicyclic) bond motifs is 3. The van der Waals surface area contributed by atoms with E-state index in [-0.39, 0.29) is 5.78 Å². The number of nitrogens with zero attached hydrogens (tertiary/aromatic N) is 1. The van der Waals surface area contributed by atoms with Gasteiger partial charge in [0.1, 0.15) is 11.2 Å². The number of H-pyrrole nitrogens is 1. The number of aromatic nitrogens is 2. The van der Waals surface area contributed by atoms with Crippen LogP contribution in [0.3, 0.4) is 0 Å². The highest BCUT2D eigenvalue weighted by atomic mass is 35.5. The fraction of sp³-hybridized carbons (Fsp3) is 0.211. The molecule has 0 fully saturated rings. The number of hydrogen-bond acceptors (Lipinski definition) is 5. The number of ketones is 1. The number of amides is 1. The lowest BCUT2D eigenvalue weighted by molar-refractivity contribution is -0.121. The van der Waals surface area contributed by atoms with Crippen molar-refractivity contribution in [2.24, 2.45) is 0 Å². The number of benzene rings is 1. The summed E-state index contributed by atoms with van der Waals surface area (Å²) in [5, 5.41) is 6.53. The van der Waals surface area contributed by atoms with Crippen LogP contribution in [-0.4, -0.2) is 40.8 Å². The molecule has 4 rings (SSSR count). The first-order chi connectivity index (χ1) is 14.1. The van der Waals surface area contributed by atoms with E-state index in [4.69, 9.17) is 20.5 Å². The number of halogens is 1. The molecule has 0 saturated heterocycles. The van der Waals surface area contributed by atoms with Gasteiger partial charge in [-0.05, 0) is 19.1 Å². The summed E-state index contributed by atoms with van der Waals surface area (Å²) in [4.78, 5) is 33.0. The second-order valence-electron chi connectivity index (χ2n) is 6.48. The summed E-state index contributed by atoms with van der Waals surface area (Å²) >= 11 is 6.19. The summed E-state index contributed by atoms with van der Waals surface area (Å²) in [7, 11) is -2.65. The molecule has 0 aliphatic carbocycles. The highest BCUT2D eigenvalue weighted by Crippen LogP contribution is 2.38. The van der Waals surface area contributed by atoms with Crippen LogP contribution in [0.4, 0.5) is 11.4 Å². The van der Waals surface area contributed by atoms with Crippen molar-refractivity contribution in [3.8, 4) is 0 Å². The molecule has 7 nitrogen and oxygen atoms in total. The van der Waals surface area contributed by atoms with Crippen molar-refractivity contribution >= 4 is 45.7 Å². The summed E-state index contributed by atoms with van der Waals surface area (Å²) in [6.07, 6.45) is 2.98. The molecule has 3 aromatic rings. The van der Waals surface area contributed by atoms with Gasteiger partial charge in [0.2, 0.25) is 0 Å². The van der Waals surface area contributed by atoms with Gasteiger partial charge in [0.25, 0.3) is 5.91 Å². The minimum absolute atomic E-state index is 0.310. The van der Waals surface area contributed by atoms with Crippen LogP contribution in [0.1, 0.15) is 27.0 Å². The van der Waals surface area contributed by atoms with Crippen molar-refractivity contribution in [2.75, 3.05) is 24.3 Å². The SMILES string of the molecule is [2H]C([2H])([2H])OC[C@]1(C)Nc2c(cnc3[nH]cc(C(=O)c4ccccc4Cl)c23)NC1=O. The molecule has 8 heteroatoms. The van der Waals surface area contributed by atoms with E-state index in [0.717, 1.165) is 0 Å². The number of aromatic amines is 1. The molecule has 2 aromatic heterocycles. The average Bonchev–Trinajstić information content (AvgIpc) is 3.12. The predicted molar refractivity (Wildman–Crippen MR) is 104 cm³/mol. The van der Waals surface area contributed by atoms with Gasteiger partial charge in [-0.2, -0.15) is 0 Å². The number of carbonyl (C=O) groups is 2. The van der Waals surface area contributed by atoms with Crippen LogP contribution in [0, 0.1) is 0 Å². The quantitative estimate of drug-likeness (QED) is 0.597. The molecule has 0 saturated carbocycles. The maximum atomic E-state index is 13.2. The second kappa shape index (κ2) is 6.37. The fourth-order valence-electron chi connectivity index (χ4n) is 3.13. The van der Waals surface area contributed by atoms with E-state index in [1.165, 1.54) is 19.3 Å². The van der Waals surface area contributed by atoms with Gasteiger partial charge >= 0.3 is 0 Å². The Kier molecular flexibility index (Phi) is 3.35. The van der Waals surface area contributed by atoms with E-state index in [9.17, 15) is 9.59 Å². The van der Waals surface area contributed by atoms with Gasteiger partial charge in [-0.3, -0.25) is 9.59 Å². The maximum Gasteiger partial charge on any atom is 0.252 e. The summed E-state index contributed by atoms with van der Waals surface area (Å²) in [6.45, 7) is 1.11. The third kappa shape index (κ3) is 2.75. The van der Waals surface area contributed by atoms with Gasteiger partial charge in [-0.25, -0.2) is 4.98 Å². The molecule has 0 bridgehead atoms. The Morgan fingerprint density at radius 1 is 1.37 bits per heavy atom. The molecule has 138 valence electrons. The monoisotopic (exact) mass is 387 g/mol. The molecule has 3 N–H and O–H groups in total. The zero-order chi connectivity index (χ0) is 21.7. The number of carbonyl (C=O) groups excluding carboxylic acids is 2. The van der Waals surface area contributed by atoms with E-state index < -0.39 is 25.1 Å². The number of ether oxygens (including phenoxy) is 1. The van der Waals surface area contributed by atoms with Crippen LogP contribution in [0.2, 0.25) is 5.02 Å². The highest BCUT2D eigenvalue weighted by Gasteiger charge is 2.39. The molecule has 27 heavy (non-hydrogen) atoms. The van der Waals surface area contributed by atoms with E-state index >= 15 is 0 Å². The number of methoxy groups -OCH3 is 1. The van der Waals surface area contributed by atoms with Crippen LogP contribution in [-0.2, 0) is 9.53 Å². The largest absolute Gasteiger partial charge is 0.382 e. The lowest BCUT2D eigenvalue weighted by Gasteiger charge is -2.35. The smallest absolute Gasteiger partial charge is 0.252 e. The Morgan fingerprint density at radius 3 is 2.96 bits per heavy atom. The molecule has 1 aliphatic heterocycles. The van der Waals surface area contributed by atoms with Gasteiger partial charge in [0, 0.05) is 18.8 Å². The van der Waals surface area contributed by atoms with Gasteiger partial charge in [-0.15, -0.1) is 0 Å². The maximum absolute atomic E-state index is 13.2. The lowest BCUT2D eigenvalue weighted by atomic mass is 9.96. The third-order valence-corrected chi connectivity index (χ3v) is 4.91. The molecular weight excluding hydrogens is 368 g/mol. The molecular formula is C19H17ClN4O3. The highest BCUT2D eigenvalue weighted by molar-refractivity contribution is 6.35. The second-order valence-corrected chi connectivity index (χ2v) is 6.89. The summed E-state index contributed by atoms with van der Waals surface area (Å²) in [5.41, 5.74) is 0.486. The van der Waals surface area contributed by atoms with E-state index in [0.29, 0.717) is 38.6 Å². The van der Waals surface area contributed by atoms with Gasteiger partial charge in [0.15, 0.2) is 5.78 Å². The first kappa shape index (κ1) is 14.2. The molecule has 0 radical (unpaired) electrons. The Balaban J connectivity index is 1.80. The van der Waals surface area contributed by atoms with E-state index in [1.807, 2.05) is 0 Å². The zero-order valence-electron chi connectivity index (χ0n) is 17.2. The minimum Gasteiger partial charge on any atom is -0.382 e. The number of nitrogens with one attached hydrogen (secondary N) is 3. The Hall–Kier alpha value is -2.90. The van der Waals surface area contributed by atoms with Crippen LogP contribution < -0.4 is 10.6 Å². The third-order valence-electron chi connectivity index (χ3n) is 4.58. The average molecular weight is 388 g/mol. The van der Waals surface area contributed by atoms with E-state index in [2.05, 4.69) is 20.6 Å². The first-order valence-electron chi connectivity index (χ1n) is 9.62. The van der Waals surface area contributed by atoms with E-state index in [1.54, 1.807) is 24.3 Å². The summed E-state index contributed by atoms with van der Waals surface area (Å²) < 4.78 is 26.6. The number of anilines is 2. The first-order valence-corrected chi connectivity index (χ1v) is 8.50. The van der Waals surface area contributed by atoms with Crippen LogP contribution in [0.5, 0.6) is 0 Å². The molecule has 1 aromatic carbocycles. The minimum atomic E-state index is -2.65.